The van der Waals surface area contributed by atoms with Gasteiger partial charge in [0.05, 0.1) is 17.9 Å². The second-order valence-electron chi connectivity index (χ2n) is 7.50. The summed E-state index contributed by atoms with van der Waals surface area (Å²) in [5, 5.41) is 30.8. The number of nitrogens with one attached hydrogen (secondary N) is 4. The SMILES string of the molecule is N=C(CC/C=C/CCc1nnc(NC(=O)Cc2ccccn2)s1)SC(=N)NC(=O)Cc1ccccn1. The first-order valence-corrected chi connectivity index (χ1v) is 12.8. The third-order valence-corrected chi connectivity index (χ3v) is 6.21. The molecule has 3 heterocycles. The number of amides is 2. The number of hydrogen-bond acceptors (Lipinski definition) is 10. The zero-order valence-electron chi connectivity index (χ0n) is 19.4. The highest BCUT2D eigenvalue weighted by Gasteiger charge is 2.10. The highest BCUT2D eigenvalue weighted by atomic mass is 32.2. The van der Waals surface area contributed by atoms with E-state index >= 15 is 0 Å². The lowest BCUT2D eigenvalue weighted by atomic mass is 10.2. The van der Waals surface area contributed by atoms with Gasteiger partial charge in [0.25, 0.3) is 0 Å². The molecule has 186 valence electrons. The van der Waals surface area contributed by atoms with Crippen molar-refractivity contribution in [2.24, 2.45) is 0 Å². The fraction of sp³-hybridized carbons (Fsp3) is 0.250. The van der Waals surface area contributed by atoms with Crippen molar-refractivity contribution in [1.82, 2.24) is 25.5 Å². The predicted molar refractivity (Wildman–Crippen MR) is 142 cm³/mol. The number of carbonyl (C=O) groups is 2. The number of carbonyl (C=O) groups excluding carboxylic acids is 2. The van der Waals surface area contributed by atoms with Gasteiger partial charge >= 0.3 is 0 Å². The number of nitrogens with zero attached hydrogens (tertiary/aromatic N) is 4. The van der Waals surface area contributed by atoms with Crippen LogP contribution in [-0.2, 0) is 28.9 Å². The zero-order chi connectivity index (χ0) is 25.6. The van der Waals surface area contributed by atoms with E-state index in [1.54, 1.807) is 42.7 Å². The third kappa shape index (κ3) is 10.2. The van der Waals surface area contributed by atoms with E-state index in [4.69, 9.17) is 10.8 Å². The molecular formula is C24H26N8O2S2. The van der Waals surface area contributed by atoms with Crippen LogP contribution < -0.4 is 10.6 Å². The zero-order valence-corrected chi connectivity index (χ0v) is 21.1. The van der Waals surface area contributed by atoms with Crippen LogP contribution in [0.3, 0.4) is 0 Å². The molecular weight excluding hydrogens is 496 g/mol. The Kier molecular flexibility index (Phi) is 10.9. The Morgan fingerprint density at radius 2 is 1.58 bits per heavy atom. The molecule has 0 radical (unpaired) electrons. The van der Waals surface area contributed by atoms with Crippen molar-refractivity contribution in [3.63, 3.8) is 0 Å². The molecule has 12 heteroatoms. The molecule has 4 N–H and O–H groups in total. The number of anilines is 1. The van der Waals surface area contributed by atoms with Crippen LogP contribution in [0.5, 0.6) is 0 Å². The molecule has 0 fully saturated rings. The molecule has 36 heavy (non-hydrogen) atoms. The number of pyridine rings is 2. The van der Waals surface area contributed by atoms with E-state index in [1.165, 1.54) is 11.3 Å². The maximum atomic E-state index is 12.1. The molecule has 0 saturated heterocycles. The fourth-order valence-electron chi connectivity index (χ4n) is 2.93. The van der Waals surface area contributed by atoms with Crippen LogP contribution in [0.1, 0.15) is 35.7 Å². The Balaban J connectivity index is 1.27. The largest absolute Gasteiger partial charge is 0.305 e. The van der Waals surface area contributed by atoms with Crippen LogP contribution in [0.2, 0.25) is 0 Å². The Hall–Kier alpha value is -3.77. The quantitative estimate of drug-likeness (QED) is 0.169. The minimum absolute atomic E-state index is 0.0656. The molecule has 0 unspecified atom stereocenters. The lowest BCUT2D eigenvalue weighted by molar-refractivity contribution is -0.119. The van der Waals surface area contributed by atoms with Crippen LogP contribution in [0.4, 0.5) is 5.13 Å². The number of thioether (sulfide) groups is 1. The summed E-state index contributed by atoms with van der Waals surface area (Å²) in [6, 6.07) is 10.8. The summed E-state index contributed by atoms with van der Waals surface area (Å²) in [5.41, 5.74) is 1.32. The highest BCUT2D eigenvalue weighted by Crippen LogP contribution is 2.17. The number of aromatic nitrogens is 4. The summed E-state index contributed by atoms with van der Waals surface area (Å²) in [6.45, 7) is 0. The van der Waals surface area contributed by atoms with Gasteiger partial charge < -0.3 is 10.6 Å². The number of amidine groups is 1. The number of allylic oxidation sites excluding steroid dienone is 2. The van der Waals surface area contributed by atoms with Gasteiger partial charge in [0.15, 0.2) is 5.17 Å². The predicted octanol–water partition coefficient (Wildman–Crippen LogP) is 3.78. The monoisotopic (exact) mass is 522 g/mol. The second-order valence-corrected chi connectivity index (χ2v) is 9.66. The van der Waals surface area contributed by atoms with Gasteiger partial charge in [-0.15, -0.1) is 10.2 Å². The van der Waals surface area contributed by atoms with Gasteiger partial charge in [0.2, 0.25) is 16.9 Å². The van der Waals surface area contributed by atoms with E-state index in [1.807, 2.05) is 18.2 Å². The van der Waals surface area contributed by atoms with Crippen LogP contribution in [-0.4, -0.2) is 42.2 Å². The van der Waals surface area contributed by atoms with Gasteiger partial charge in [0, 0.05) is 30.2 Å². The maximum Gasteiger partial charge on any atom is 0.232 e. The van der Waals surface area contributed by atoms with Crippen LogP contribution in [0, 0.1) is 10.8 Å². The number of rotatable bonds is 11. The lowest BCUT2D eigenvalue weighted by Gasteiger charge is -2.06. The van der Waals surface area contributed by atoms with E-state index in [-0.39, 0.29) is 29.8 Å². The van der Waals surface area contributed by atoms with Crippen molar-refractivity contribution < 1.29 is 9.59 Å². The summed E-state index contributed by atoms with van der Waals surface area (Å²) < 4.78 is 0. The molecule has 3 aromatic heterocycles. The summed E-state index contributed by atoms with van der Waals surface area (Å²) in [5.74, 6) is -0.510. The maximum absolute atomic E-state index is 12.1. The Bertz CT molecular complexity index is 1200. The van der Waals surface area contributed by atoms with Gasteiger partial charge in [-0.25, -0.2) is 0 Å². The molecule has 2 amide bonds. The Labute approximate surface area is 217 Å². The van der Waals surface area contributed by atoms with E-state index < -0.39 is 0 Å². The molecule has 0 aliphatic rings. The molecule has 0 saturated carbocycles. The van der Waals surface area contributed by atoms with Gasteiger partial charge in [-0.3, -0.25) is 30.4 Å². The third-order valence-electron chi connectivity index (χ3n) is 4.56. The number of hydrogen-bond donors (Lipinski definition) is 4. The minimum Gasteiger partial charge on any atom is -0.305 e. The molecule has 0 aliphatic heterocycles. The van der Waals surface area contributed by atoms with Gasteiger partial charge in [-0.2, -0.15) is 0 Å². The smallest absolute Gasteiger partial charge is 0.232 e. The topological polar surface area (TPSA) is 157 Å². The Morgan fingerprint density at radius 3 is 2.25 bits per heavy atom. The summed E-state index contributed by atoms with van der Waals surface area (Å²) in [4.78, 5) is 32.3. The first-order chi connectivity index (χ1) is 17.5. The molecule has 0 aromatic carbocycles. The molecule has 0 atom stereocenters. The molecule has 3 aromatic rings. The van der Waals surface area contributed by atoms with Crippen molar-refractivity contribution in [3.05, 3.63) is 77.3 Å². The van der Waals surface area contributed by atoms with Crippen molar-refractivity contribution in [2.45, 2.75) is 38.5 Å². The van der Waals surface area contributed by atoms with E-state index in [0.29, 0.717) is 40.8 Å². The van der Waals surface area contributed by atoms with E-state index in [2.05, 4.69) is 30.8 Å². The lowest BCUT2D eigenvalue weighted by Crippen LogP contribution is -2.30. The molecule has 0 spiro atoms. The number of aryl methyl sites for hydroxylation is 1. The first kappa shape index (κ1) is 26.8. The second kappa shape index (κ2) is 14.6. The molecule has 10 nitrogen and oxygen atoms in total. The van der Waals surface area contributed by atoms with Gasteiger partial charge in [-0.05, 0) is 55.3 Å². The van der Waals surface area contributed by atoms with E-state index in [9.17, 15) is 9.59 Å². The minimum atomic E-state index is -0.327. The van der Waals surface area contributed by atoms with Crippen molar-refractivity contribution in [2.75, 3.05) is 5.32 Å². The average molecular weight is 523 g/mol. The molecule has 0 aliphatic carbocycles. The average Bonchev–Trinajstić information content (AvgIpc) is 3.29. The summed E-state index contributed by atoms with van der Waals surface area (Å²) in [7, 11) is 0. The molecule has 3 rings (SSSR count). The standard InChI is InChI=1S/C24H26N8O2S2/c25-19(35-23(26)29-20(33)15-17-9-5-7-13-27-17)11-3-1-2-4-12-22-31-32-24(36-22)30-21(34)16-18-10-6-8-14-28-18/h1-2,5-10,13-14,25H,3-4,11-12,15-16H2,(H2,26,29,33)(H,30,32,34)/b2-1+,25-19?. The summed E-state index contributed by atoms with van der Waals surface area (Å²) in [6.07, 6.45) is 10.1. The summed E-state index contributed by atoms with van der Waals surface area (Å²) >= 11 is 2.28. The van der Waals surface area contributed by atoms with Gasteiger partial charge in [0.1, 0.15) is 5.01 Å². The fourth-order valence-corrected chi connectivity index (χ4v) is 4.33. The van der Waals surface area contributed by atoms with E-state index in [0.717, 1.165) is 23.2 Å². The normalized spacial score (nSPS) is 10.8. The molecule has 0 bridgehead atoms. The van der Waals surface area contributed by atoms with Crippen LogP contribution >= 0.6 is 23.1 Å². The van der Waals surface area contributed by atoms with Gasteiger partial charge in [-0.1, -0.05) is 35.6 Å². The van der Waals surface area contributed by atoms with Crippen molar-refractivity contribution >= 4 is 50.3 Å². The van der Waals surface area contributed by atoms with Crippen LogP contribution in [0.25, 0.3) is 0 Å². The van der Waals surface area contributed by atoms with Crippen molar-refractivity contribution in [3.8, 4) is 0 Å². The van der Waals surface area contributed by atoms with Crippen molar-refractivity contribution in [1.29, 1.82) is 10.8 Å². The highest BCUT2D eigenvalue weighted by molar-refractivity contribution is 8.26. The first-order valence-electron chi connectivity index (χ1n) is 11.2. The Morgan fingerprint density at radius 1 is 0.917 bits per heavy atom. The van der Waals surface area contributed by atoms with Crippen LogP contribution in [0.15, 0.2) is 60.9 Å².